The van der Waals surface area contributed by atoms with Gasteiger partial charge >= 0.3 is 0 Å². The molecular weight excluding hydrogens is 397 g/mol. The Morgan fingerprint density at radius 2 is 1.87 bits per heavy atom. The number of nitrogens with zero attached hydrogens (tertiary/aromatic N) is 1. The number of hydrogen-bond acceptors (Lipinski definition) is 5. The van der Waals surface area contributed by atoms with E-state index in [1.54, 1.807) is 18.2 Å². The van der Waals surface area contributed by atoms with Crippen molar-refractivity contribution in [3.63, 3.8) is 0 Å². The van der Waals surface area contributed by atoms with E-state index in [1.807, 2.05) is 24.3 Å². The van der Waals surface area contributed by atoms with Crippen molar-refractivity contribution in [2.24, 2.45) is 0 Å². The second kappa shape index (κ2) is 8.78. The highest BCUT2D eigenvalue weighted by Crippen LogP contribution is 2.45. The maximum absolute atomic E-state index is 13.6. The van der Waals surface area contributed by atoms with Crippen LogP contribution in [-0.4, -0.2) is 27.9 Å². The Morgan fingerprint density at radius 3 is 2.55 bits per heavy atom. The summed E-state index contributed by atoms with van der Waals surface area (Å²) in [6.45, 7) is 0. The topological polar surface area (TPSA) is 90.3 Å². The van der Waals surface area contributed by atoms with Crippen LogP contribution < -0.4 is 5.11 Å². The molecule has 1 N–H and O–H groups in total. The molecule has 1 heterocycles. The van der Waals surface area contributed by atoms with Crippen LogP contribution in [0.25, 0.3) is 28.1 Å². The number of Topliss-reactive ketones (excluding diaryl/α,β-unsaturated/α-hetero) is 1. The minimum Gasteiger partial charge on any atom is -0.550 e. The van der Waals surface area contributed by atoms with Gasteiger partial charge in [0.1, 0.15) is 11.6 Å². The number of fused-ring (bicyclic) bond motifs is 1. The molecule has 6 heteroatoms. The maximum atomic E-state index is 13.6. The van der Waals surface area contributed by atoms with Gasteiger partial charge in [0.2, 0.25) is 0 Å². The Bertz CT molecular complexity index is 1170. The summed E-state index contributed by atoms with van der Waals surface area (Å²) in [6.07, 6.45) is 3.09. The lowest BCUT2D eigenvalue weighted by Crippen LogP contribution is -2.26. The number of ketones is 1. The molecule has 0 amide bonds. The van der Waals surface area contributed by atoms with Crippen molar-refractivity contribution in [1.29, 1.82) is 0 Å². The fraction of sp³-hybridized carbons (Fsp3) is 0.240. The lowest BCUT2D eigenvalue weighted by Gasteiger charge is -2.16. The summed E-state index contributed by atoms with van der Waals surface area (Å²) in [5, 5.41) is 21.7. The molecule has 1 unspecified atom stereocenters. The van der Waals surface area contributed by atoms with Gasteiger partial charge in [0.05, 0.1) is 17.3 Å². The van der Waals surface area contributed by atoms with Crippen LogP contribution in [0.1, 0.15) is 42.9 Å². The first-order chi connectivity index (χ1) is 14.9. The molecule has 0 spiro atoms. The van der Waals surface area contributed by atoms with Crippen LogP contribution in [0.15, 0.2) is 54.6 Å². The van der Waals surface area contributed by atoms with Crippen molar-refractivity contribution in [1.82, 2.24) is 4.98 Å². The average Bonchev–Trinajstić information content (AvgIpc) is 3.56. The van der Waals surface area contributed by atoms with Crippen molar-refractivity contribution in [3.05, 3.63) is 71.7 Å². The number of rotatable bonds is 8. The molecule has 158 valence electrons. The fourth-order valence-corrected chi connectivity index (χ4v) is 3.75. The first-order valence-electron chi connectivity index (χ1n) is 10.2. The number of carboxylic acids is 1. The van der Waals surface area contributed by atoms with E-state index in [-0.39, 0.29) is 12.2 Å². The molecule has 1 aromatic heterocycles. The smallest absolute Gasteiger partial charge is 0.141 e. The molecule has 5 nitrogen and oxygen atoms in total. The maximum Gasteiger partial charge on any atom is 0.141 e. The van der Waals surface area contributed by atoms with Crippen LogP contribution in [0.5, 0.6) is 0 Å². The van der Waals surface area contributed by atoms with Crippen LogP contribution in [-0.2, 0) is 9.59 Å². The molecule has 1 aliphatic rings. The molecule has 1 aliphatic carbocycles. The number of hydrogen-bond donors (Lipinski definition) is 1. The summed E-state index contributed by atoms with van der Waals surface area (Å²) in [5.41, 5.74) is 4.27. The highest BCUT2D eigenvalue weighted by Gasteiger charge is 2.29. The van der Waals surface area contributed by atoms with Crippen molar-refractivity contribution in [2.45, 2.75) is 37.7 Å². The van der Waals surface area contributed by atoms with Gasteiger partial charge in [-0.3, -0.25) is 9.78 Å². The SMILES string of the molecule is O=C([O-])CC(=O)CC(O)/C=C/c1c(C2CC2)nc2ccccc2c1-c1ccc(F)cc1. The normalized spacial score (nSPS) is 14.8. The third-order valence-corrected chi connectivity index (χ3v) is 5.32. The van der Waals surface area contributed by atoms with E-state index in [1.165, 1.54) is 18.2 Å². The number of benzene rings is 2. The van der Waals surface area contributed by atoms with E-state index in [2.05, 4.69) is 0 Å². The Hall–Kier alpha value is -3.38. The number of aliphatic hydroxyl groups excluding tert-OH is 1. The van der Waals surface area contributed by atoms with Gasteiger partial charge in [0.15, 0.2) is 0 Å². The van der Waals surface area contributed by atoms with Gasteiger partial charge in [-0.05, 0) is 36.6 Å². The number of carbonyl (C=O) groups excluding carboxylic acids is 2. The number of carbonyl (C=O) groups is 2. The molecule has 1 saturated carbocycles. The van der Waals surface area contributed by atoms with Gasteiger partial charge in [0, 0.05) is 41.2 Å². The fourth-order valence-electron chi connectivity index (χ4n) is 3.75. The number of aliphatic hydroxyl groups is 1. The molecule has 0 radical (unpaired) electrons. The third kappa shape index (κ3) is 4.86. The van der Waals surface area contributed by atoms with Crippen molar-refractivity contribution in [3.8, 4) is 11.1 Å². The quantitative estimate of drug-likeness (QED) is 0.567. The lowest BCUT2D eigenvalue weighted by atomic mass is 9.92. The summed E-state index contributed by atoms with van der Waals surface area (Å²) in [7, 11) is 0. The zero-order valence-corrected chi connectivity index (χ0v) is 16.8. The molecule has 1 fully saturated rings. The van der Waals surface area contributed by atoms with Crippen LogP contribution in [0.4, 0.5) is 4.39 Å². The van der Waals surface area contributed by atoms with Gasteiger partial charge in [-0.15, -0.1) is 0 Å². The summed E-state index contributed by atoms with van der Waals surface area (Å²) >= 11 is 0. The molecule has 0 bridgehead atoms. The van der Waals surface area contributed by atoms with Gasteiger partial charge in [-0.25, -0.2) is 4.39 Å². The van der Waals surface area contributed by atoms with E-state index < -0.39 is 24.3 Å². The highest BCUT2D eigenvalue weighted by atomic mass is 19.1. The van der Waals surface area contributed by atoms with E-state index in [0.717, 1.165) is 46.1 Å². The third-order valence-electron chi connectivity index (χ3n) is 5.32. The number of aliphatic carboxylic acids is 1. The molecular formula is C25H21FNO4-. The Kier molecular flexibility index (Phi) is 5.91. The number of carboxylic acid groups (broad SMARTS) is 1. The predicted molar refractivity (Wildman–Crippen MR) is 113 cm³/mol. The molecule has 31 heavy (non-hydrogen) atoms. The van der Waals surface area contributed by atoms with Crippen molar-refractivity contribution >= 4 is 28.7 Å². The molecule has 2 aromatic carbocycles. The number of pyridine rings is 1. The van der Waals surface area contributed by atoms with Gasteiger partial charge in [0.25, 0.3) is 0 Å². The summed E-state index contributed by atoms with van der Waals surface area (Å²) < 4.78 is 13.6. The minimum absolute atomic E-state index is 0.306. The van der Waals surface area contributed by atoms with E-state index >= 15 is 0 Å². The summed E-state index contributed by atoms with van der Waals surface area (Å²) in [4.78, 5) is 27.1. The molecule has 4 rings (SSSR count). The Labute approximate surface area is 178 Å². The standard InChI is InChI=1S/C25H22FNO4/c26-17-9-7-15(8-10-17)24-20-3-1-2-4-22(20)27-25(16-5-6-16)21(24)12-11-18(28)13-19(29)14-23(30)31/h1-4,7-12,16,18,28H,5-6,13-14H2,(H,30,31)/p-1/b12-11+. The van der Waals surface area contributed by atoms with Crippen LogP contribution in [0, 0.1) is 5.82 Å². The number of aromatic nitrogens is 1. The first-order valence-corrected chi connectivity index (χ1v) is 10.2. The largest absolute Gasteiger partial charge is 0.550 e. The number of para-hydroxylation sites is 1. The first kappa shape index (κ1) is 20.9. The van der Waals surface area contributed by atoms with Crippen molar-refractivity contribution in [2.75, 3.05) is 0 Å². The van der Waals surface area contributed by atoms with Gasteiger partial charge in [-0.2, -0.15) is 0 Å². The summed E-state index contributed by atoms with van der Waals surface area (Å²) in [5.74, 6) is -2.09. The monoisotopic (exact) mass is 418 g/mol. The Balaban J connectivity index is 1.80. The molecule has 0 saturated heterocycles. The van der Waals surface area contributed by atoms with Crippen LogP contribution in [0.3, 0.4) is 0 Å². The van der Waals surface area contributed by atoms with E-state index in [0.29, 0.717) is 5.92 Å². The molecule has 3 aromatic rings. The van der Waals surface area contributed by atoms with Gasteiger partial charge in [-0.1, -0.05) is 42.5 Å². The highest BCUT2D eigenvalue weighted by molar-refractivity contribution is 5.99. The average molecular weight is 418 g/mol. The predicted octanol–water partition coefficient (Wildman–Crippen LogP) is 3.39. The van der Waals surface area contributed by atoms with E-state index in [9.17, 15) is 24.2 Å². The van der Waals surface area contributed by atoms with E-state index in [4.69, 9.17) is 4.98 Å². The second-order valence-corrected chi connectivity index (χ2v) is 7.80. The van der Waals surface area contributed by atoms with Crippen LogP contribution in [0.2, 0.25) is 0 Å². The van der Waals surface area contributed by atoms with Gasteiger partial charge < -0.3 is 15.0 Å². The zero-order chi connectivity index (χ0) is 22.0. The molecule has 1 atom stereocenters. The second-order valence-electron chi connectivity index (χ2n) is 7.80. The minimum atomic E-state index is -1.46. The summed E-state index contributed by atoms with van der Waals surface area (Å²) in [6, 6.07) is 14.0. The molecule has 0 aliphatic heterocycles. The lowest BCUT2D eigenvalue weighted by molar-refractivity contribution is -0.304. The zero-order valence-electron chi connectivity index (χ0n) is 16.8. The van der Waals surface area contributed by atoms with Crippen LogP contribution >= 0.6 is 0 Å². The van der Waals surface area contributed by atoms with Crippen molar-refractivity contribution < 1.29 is 24.2 Å². The number of halogens is 1. The Morgan fingerprint density at radius 1 is 1.16 bits per heavy atom.